The fraction of sp³-hybridized carbons (Fsp3) is 0.360. The lowest BCUT2D eigenvalue weighted by molar-refractivity contribution is 0.836. The molecule has 8 aromatic rings. The summed E-state index contributed by atoms with van der Waals surface area (Å²) in [7, 11) is 0. The van der Waals surface area contributed by atoms with E-state index < -0.39 is 0 Å². The van der Waals surface area contributed by atoms with Crippen LogP contribution >= 0.6 is 12.4 Å². The molecule has 1 heterocycles. The Labute approximate surface area is 476 Å². The lowest BCUT2D eigenvalue weighted by Gasteiger charge is -2.36. The fourth-order valence-corrected chi connectivity index (χ4v) is 13.3. The normalized spacial score (nSPS) is 14.5. The maximum Gasteiger partial charge on any atom is 0.100 e. The first-order valence-corrected chi connectivity index (χ1v) is 29.9. The number of rotatable bonds is 18. The van der Waals surface area contributed by atoms with Crippen LogP contribution in [0.4, 0.5) is 11.4 Å². The molecule has 2 nitrogen and oxygen atoms in total. The zero-order chi connectivity index (χ0) is 54.4. The average Bonchev–Trinajstić information content (AvgIpc) is 4.25. The van der Waals surface area contributed by atoms with Crippen LogP contribution in [0, 0.1) is 13.8 Å². The van der Waals surface area contributed by atoms with E-state index in [0.717, 1.165) is 51.4 Å². The predicted molar refractivity (Wildman–Crippen MR) is 341 cm³/mol. The highest BCUT2D eigenvalue weighted by Gasteiger charge is 2.43. The molecule has 0 saturated heterocycles. The molecular weight excluding hydrogens is 964 g/mol. The van der Waals surface area contributed by atoms with Gasteiger partial charge >= 0.3 is 0 Å². The summed E-state index contributed by atoms with van der Waals surface area (Å²) >= 11 is 0. The molecule has 78 heavy (non-hydrogen) atoms. The van der Waals surface area contributed by atoms with Crippen molar-refractivity contribution in [1.29, 1.82) is 0 Å². The van der Waals surface area contributed by atoms with E-state index >= 15 is 0 Å². The Morgan fingerprint density at radius 1 is 0.346 bits per heavy atom. The summed E-state index contributed by atoms with van der Waals surface area (Å²) in [6.07, 6.45) is 8.16. The minimum absolute atomic E-state index is 0. The van der Waals surface area contributed by atoms with Gasteiger partial charge in [0.2, 0.25) is 0 Å². The molecule has 4 atom stereocenters. The number of anilines is 2. The van der Waals surface area contributed by atoms with Gasteiger partial charge in [-0.15, -0.1) is 12.4 Å². The summed E-state index contributed by atoms with van der Waals surface area (Å²) in [5, 5.41) is 2.66. The Kier molecular flexibility index (Phi) is 17.0. The van der Waals surface area contributed by atoms with Gasteiger partial charge in [0.1, 0.15) is 6.67 Å². The van der Waals surface area contributed by atoms with Crippen molar-refractivity contribution >= 4 is 45.9 Å². The van der Waals surface area contributed by atoms with Gasteiger partial charge in [-0.1, -0.05) is 228 Å². The van der Waals surface area contributed by atoms with Crippen molar-refractivity contribution in [3.8, 4) is 0 Å². The highest BCUT2D eigenvalue weighted by molar-refractivity contribution is 6.21. The van der Waals surface area contributed by atoms with Crippen LogP contribution in [0.1, 0.15) is 218 Å². The smallest absolute Gasteiger partial charge is 0.100 e. The summed E-state index contributed by atoms with van der Waals surface area (Å²) in [4.78, 5) is 5.64. The number of nitrogens with zero attached hydrogens (tertiary/aromatic N) is 2. The average molecular weight is 1050 g/mol. The highest BCUT2D eigenvalue weighted by atomic mass is 35.5. The molecule has 2 aliphatic rings. The van der Waals surface area contributed by atoms with E-state index in [0.29, 0.717) is 6.67 Å². The van der Waals surface area contributed by atoms with Crippen LogP contribution in [0.2, 0.25) is 0 Å². The molecule has 1 aliphatic carbocycles. The molecule has 0 saturated carbocycles. The third-order valence-corrected chi connectivity index (χ3v) is 18.1. The van der Waals surface area contributed by atoms with Crippen molar-refractivity contribution in [3.63, 3.8) is 0 Å². The van der Waals surface area contributed by atoms with Gasteiger partial charge in [-0.25, -0.2) is 0 Å². The summed E-state index contributed by atoms with van der Waals surface area (Å²) in [6.45, 7) is 33.8. The quantitative estimate of drug-likeness (QED) is 0.0845. The molecule has 0 fully saturated rings. The lowest BCUT2D eigenvalue weighted by atomic mass is 9.81. The van der Waals surface area contributed by atoms with Crippen LogP contribution in [0.25, 0.3) is 22.2 Å². The summed E-state index contributed by atoms with van der Waals surface area (Å²) in [6, 6.07) is 54.1. The van der Waals surface area contributed by atoms with Crippen LogP contribution in [-0.4, -0.2) is 6.67 Å². The van der Waals surface area contributed by atoms with Gasteiger partial charge in [0, 0.05) is 40.2 Å². The highest BCUT2D eigenvalue weighted by Crippen LogP contribution is 2.56. The fourth-order valence-electron chi connectivity index (χ4n) is 13.3. The number of fused-ring (bicyclic) bond motifs is 2. The van der Waals surface area contributed by atoms with Crippen LogP contribution in [0.5, 0.6) is 0 Å². The van der Waals surface area contributed by atoms with Gasteiger partial charge in [-0.3, -0.25) is 0 Å². The van der Waals surface area contributed by atoms with E-state index in [9.17, 15) is 0 Å². The van der Waals surface area contributed by atoms with Gasteiger partial charge in [-0.2, -0.15) is 0 Å². The molecule has 0 bridgehead atoms. The molecule has 1 aliphatic heterocycles. The molecule has 0 spiro atoms. The van der Waals surface area contributed by atoms with E-state index in [1.807, 2.05) is 0 Å². The summed E-state index contributed by atoms with van der Waals surface area (Å²) in [5.74, 6) is 0.560. The number of hydrogen-bond donors (Lipinski definition) is 0. The molecular formula is C75H87ClN2. The molecule has 0 radical (unpaired) electrons. The molecule has 0 amide bonds. The zero-order valence-electron chi connectivity index (χ0n) is 49.7. The van der Waals surface area contributed by atoms with Crippen molar-refractivity contribution in [2.45, 2.75) is 172 Å². The largest absolute Gasteiger partial charge is 0.320 e. The molecule has 0 N–H and O–H groups in total. The van der Waals surface area contributed by atoms with Crippen molar-refractivity contribution < 1.29 is 0 Å². The standard InChI is InChI=1S/C75H86N2.ClH/c1-15-52-33-53(16-2)38-61(37-52)48(11)67-29-46(9)30-68(49(12)62-39-54(17-3)34-55(18-4)40-62)72(67)76-45-77(75-66-28-24-26-60-25-23-27-65(71(60)66)74(75)76)73-69(50(13)63-41-56(19-5)35-57(20-6)42-63)31-47(10)32-70(73)51(14)64-43-58(21-7)36-59(22-8)44-64;/h23-44,48-51H,15-22,45H2,1-14H3;1H/t48-,49-,50-,51-;/m1./s1. The summed E-state index contributed by atoms with van der Waals surface area (Å²) < 4.78 is 0. The SMILES string of the molecule is CCc1cc(CC)cc([C@@H](C)c2cc(C)cc([C@H](C)c3cc(CC)cc(CC)c3)c2N2CN(c3c([C@H](C)c4cc(CC)cc(CC)c4)cc(C)cc3[C@H](C)c3cc(CC)cc(CC)c3)C3=C2c2cccc4cccc3c24)c1.Cl. The maximum atomic E-state index is 2.82. The first-order valence-electron chi connectivity index (χ1n) is 29.9. The van der Waals surface area contributed by atoms with Gasteiger partial charge in [0.25, 0.3) is 0 Å². The van der Waals surface area contributed by atoms with Crippen molar-refractivity contribution in [3.05, 3.63) is 245 Å². The number of hydrogen-bond acceptors (Lipinski definition) is 2. The third-order valence-electron chi connectivity index (χ3n) is 18.1. The third kappa shape index (κ3) is 10.4. The minimum Gasteiger partial charge on any atom is -0.320 e. The maximum absolute atomic E-state index is 2.82. The lowest BCUT2D eigenvalue weighted by Crippen LogP contribution is -2.32. The molecule has 0 aromatic heterocycles. The minimum atomic E-state index is 0. The first-order chi connectivity index (χ1) is 37.2. The van der Waals surface area contributed by atoms with Gasteiger partial charge in [0.05, 0.1) is 22.8 Å². The second kappa shape index (κ2) is 23.5. The first kappa shape index (κ1) is 56.4. The van der Waals surface area contributed by atoms with Crippen LogP contribution in [0.15, 0.2) is 133 Å². The monoisotopic (exact) mass is 1050 g/mol. The molecule has 10 rings (SSSR count). The van der Waals surface area contributed by atoms with Crippen molar-refractivity contribution in [2.75, 3.05) is 16.5 Å². The molecule has 404 valence electrons. The number of benzene rings is 8. The van der Waals surface area contributed by atoms with E-state index in [-0.39, 0.29) is 36.1 Å². The number of aryl methyl sites for hydroxylation is 10. The van der Waals surface area contributed by atoms with Gasteiger partial charge < -0.3 is 9.80 Å². The molecule has 0 unspecified atom stereocenters. The van der Waals surface area contributed by atoms with Crippen molar-refractivity contribution in [2.24, 2.45) is 0 Å². The topological polar surface area (TPSA) is 6.48 Å². The Hall–Kier alpha value is -6.35. The molecule has 3 heteroatoms. The Balaban J connectivity index is 0.00000740. The second-order valence-electron chi connectivity index (χ2n) is 23.0. The second-order valence-corrected chi connectivity index (χ2v) is 23.0. The summed E-state index contributed by atoms with van der Waals surface area (Å²) in [5.41, 5.74) is 33.2. The number of halogens is 1. The van der Waals surface area contributed by atoms with Crippen LogP contribution in [-0.2, 0) is 51.4 Å². The Morgan fingerprint density at radius 3 is 0.821 bits per heavy atom. The van der Waals surface area contributed by atoms with Crippen LogP contribution in [0.3, 0.4) is 0 Å². The Bertz CT molecular complexity index is 3070. The van der Waals surface area contributed by atoms with Crippen LogP contribution < -0.4 is 9.80 Å². The predicted octanol–water partition coefficient (Wildman–Crippen LogP) is 20.1. The van der Waals surface area contributed by atoms with E-state index in [1.54, 1.807) is 0 Å². The molecule has 8 aromatic carbocycles. The van der Waals surface area contributed by atoms with E-state index in [4.69, 9.17) is 0 Å². The van der Waals surface area contributed by atoms with Gasteiger partial charge in [0.15, 0.2) is 0 Å². The Morgan fingerprint density at radius 2 is 0.590 bits per heavy atom. The van der Waals surface area contributed by atoms with E-state index in [2.05, 4.69) is 240 Å². The zero-order valence-corrected chi connectivity index (χ0v) is 50.5. The van der Waals surface area contributed by atoms with Gasteiger partial charge in [-0.05, 0) is 160 Å². The van der Waals surface area contributed by atoms with E-state index in [1.165, 1.54) is 145 Å². The van der Waals surface area contributed by atoms with Crippen molar-refractivity contribution in [1.82, 2.24) is 0 Å².